The summed E-state index contributed by atoms with van der Waals surface area (Å²) in [5.41, 5.74) is 6.19. The van der Waals surface area contributed by atoms with E-state index < -0.39 is 33.3 Å². The summed E-state index contributed by atoms with van der Waals surface area (Å²) in [6, 6.07) is 6.91. The van der Waals surface area contributed by atoms with Crippen LogP contribution in [0.5, 0.6) is 0 Å². The maximum absolute atomic E-state index is 14.5. The van der Waals surface area contributed by atoms with Gasteiger partial charge in [0.25, 0.3) is 5.91 Å². The van der Waals surface area contributed by atoms with Crippen LogP contribution in [0.2, 0.25) is 0 Å². The smallest absolute Gasteiger partial charge is 0.410 e. The average Bonchev–Trinajstić information content (AvgIpc) is 3.49. The number of nitrogens with zero attached hydrogens (tertiary/aromatic N) is 5. The summed E-state index contributed by atoms with van der Waals surface area (Å²) in [5.74, 6) is -1.58. The van der Waals surface area contributed by atoms with Gasteiger partial charge in [-0.2, -0.15) is 0 Å². The van der Waals surface area contributed by atoms with E-state index in [9.17, 15) is 18.4 Å². The SMILES string of the molecule is Cc1c(CN(C)C(=O)C2(n3cc(-c4cc(F)c(Br)c(F)c4N)nn3)CN(C(=O)OC(C)(C)C)C2)oc2c(C)cccc12. The Balaban J connectivity index is 1.49. The number of likely N-dealkylation sites (tertiary alicyclic amines) is 1. The number of furan rings is 1. The first-order valence-electron chi connectivity index (χ1n) is 13.2. The molecule has 3 heterocycles. The van der Waals surface area contributed by atoms with Gasteiger partial charge in [0.1, 0.15) is 28.5 Å². The quantitative estimate of drug-likeness (QED) is 0.224. The first-order valence-corrected chi connectivity index (χ1v) is 14.0. The number of fused-ring (bicyclic) bond motifs is 1. The van der Waals surface area contributed by atoms with Crippen molar-refractivity contribution < 1.29 is 27.5 Å². The van der Waals surface area contributed by atoms with Crippen molar-refractivity contribution >= 4 is 44.6 Å². The average molecular weight is 646 g/mol. The van der Waals surface area contributed by atoms with Crippen molar-refractivity contribution in [1.82, 2.24) is 24.8 Å². The maximum Gasteiger partial charge on any atom is 0.410 e. The second kappa shape index (κ2) is 10.4. The first-order chi connectivity index (χ1) is 19.6. The molecular formula is C29H31BrF2N6O4. The fraction of sp³-hybridized carbons (Fsp3) is 0.379. The van der Waals surface area contributed by atoms with Gasteiger partial charge in [0.2, 0.25) is 0 Å². The Labute approximate surface area is 249 Å². The van der Waals surface area contributed by atoms with E-state index in [2.05, 4.69) is 26.2 Å². The topological polar surface area (TPSA) is 120 Å². The van der Waals surface area contributed by atoms with Gasteiger partial charge in [-0.3, -0.25) is 4.79 Å². The van der Waals surface area contributed by atoms with Crippen LogP contribution < -0.4 is 5.73 Å². The van der Waals surface area contributed by atoms with Gasteiger partial charge in [-0.15, -0.1) is 5.10 Å². The second-order valence-corrected chi connectivity index (χ2v) is 12.4. The van der Waals surface area contributed by atoms with Gasteiger partial charge in [-0.1, -0.05) is 23.4 Å². The van der Waals surface area contributed by atoms with Gasteiger partial charge < -0.3 is 24.7 Å². The number of hydrogen-bond acceptors (Lipinski definition) is 7. The van der Waals surface area contributed by atoms with Crippen molar-refractivity contribution in [2.24, 2.45) is 0 Å². The Morgan fingerprint density at radius 3 is 2.57 bits per heavy atom. The highest BCUT2D eigenvalue weighted by Crippen LogP contribution is 2.37. The van der Waals surface area contributed by atoms with E-state index in [0.29, 0.717) is 5.76 Å². The number of carbonyl (C=O) groups excluding carboxylic acids is 2. The second-order valence-electron chi connectivity index (χ2n) is 11.6. The molecule has 2 aromatic carbocycles. The monoisotopic (exact) mass is 644 g/mol. The Hall–Kier alpha value is -4.00. The fourth-order valence-electron chi connectivity index (χ4n) is 5.06. The highest BCUT2D eigenvalue weighted by atomic mass is 79.9. The molecule has 0 aliphatic carbocycles. The maximum atomic E-state index is 14.5. The summed E-state index contributed by atoms with van der Waals surface area (Å²) in [5, 5.41) is 9.20. The first kappa shape index (κ1) is 29.5. The number of benzene rings is 2. The third-order valence-electron chi connectivity index (χ3n) is 7.35. The zero-order valence-electron chi connectivity index (χ0n) is 24.1. The number of rotatable bonds is 5. The molecule has 0 radical (unpaired) electrons. The van der Waals surface area contributed by atoms with Gasteiger partial charge in [0, 0.05) is 23.6 Å². The molecule has 4 aromatic rings. The molecule has 0 atom stereocenters. The lowest BCUT2D eigenvalue weighted by molar-refractivity contribution is -0.150. The van der Waals surface area contributed by atoms with Gasteiger partial charge >= 0.3 is 6.09 Å². The third kappa shape index (κ3) is 4.99. The summed E-state index contributed by atoms with van der Waals surface area (Å²) in [6.07, 6.45) is 0.811. The van der Waals surface area contributed by atoms with Crippen molar-refractivity contribution in [1.29, 1.82) is 0 Å². The van der Waals surface area contributed by atoms with E-state index in [0.717, 1.165) is 28.2 Å². The molecule has 222 valence electrons. The van der Waals surface area contributed by atoms with Crippen LogP contribution in [0.4, 0.5) is 19.3 Å². The Bertz CT molecular complexity index is 1720. The molecule has 0 unspecified atom stereocenters. The molecule has 1 aliphatic heterocycles. The van der Waals surface area contributed by atoms with E-state index in [1.165, 1.54) is 20.7 Å². The number of halogens is 3. The van der Waals surface area contributed by atoms with Crippen molar-refractivity contribution in [3.8, 4) is 11.3 Å². The van der Waals surface area contributed by atoms with Crippen LogP contribution in [0.15, 0.2) is 39.4 Å². The molecule has 0 spiro atoms. The number of aromatic nitrogens is 3. The number of amides is 2. The van der Waals surface area contributed by atoms with Crippen LogP contribution in [-0.2, 0) is 21.6 Å². The minimum Gasteiger partial charge on any atom is -0.459 e. The fourth-order valence-corrected chi connectivity index (χ4v) is 5.39. The van der Waals surface area contributed by atoms with Crippen LogP contribution in [0, 0.1) is 25.5 Å². The number of carbonyl (C=O) groups is 2. The minimum absolute atomic E-state index is 0.0213. The summed E-state index contributed by atoms with van der Waals surface area (Å²) in [6.45, 7) is 9.17. The number of aryl methyl sites for hydroxylation is 2. The standard InChI is InChI=1S/C29H31BrF2N6O4/c1-15-8-7-9-17-16(2)21(41-25(15)17)12-36(6)26(39)29(13-37(14-29)27(40)42-28(3,4)5)38-11-20(34-35-38)18-10-19(31)22(30)23(32)24(18)33/h7-11H,12-14,33H2,1-6H3. The van der Waals surface area contributed by atoms with E-state index in [4.69, 9.17) is 14.9 Å². The van der Waals surface area contributed by atoms with Crippen LogP contribution >= 0.6 is 15.9 Å². The van der Waals surface area contributed by atoms with Gasteiger partial charge in [-0.05, 0) is 62.2 Å². The van der Waals surface area contributed by atoms with Crippen LogP contribution in [0.25, 0.3) is 22.2 Å². The molecule has 1 aliphatic rings. The highest BCUT2D eigenvalue weighted by molar-refractivity contribution is 9.10. The minimum atomic E-state index is -1.37. The molecule has 10 nitrogen and oxygen atoms in total. The van der Waals surface area contributed by atoms with Crippen molar-refractivity contribution in [2.75, 3.05) is 25.9 Å². The number of para-hydroxylation sites is 1. The van der Waals surface area contributed by atoms with Gasteiger partial charge in [0.05, 0.1) is 36.0 Å². The Kier molecular flexibility index (Phi) is 7.28. The highest BCUT2D eigenvalue weighted by Gasteiger charge is 2.56. The molecule has 2 amide bonds. The summed E-state index contributed by atoms with van der Waals surface area (Å²) < 4.78 is 41.4. The number of hydrogen-bond donors (Lipinski definition) is 1. The summed E-state index contributed by atoms with van der Waals surface area (Å²) in [4.78, 5) is 29.8. The molecule has 1 saturated heterocycles. The van der Waals surface area contributed by atoms with Crippen LogP contribution in [0.3, 0.4) is 0 Å². The van der Waals surface area contributed by atoms with Crippen molar-refractivity contribution in [3.05, 3.63) is 63.5 Å². The van der Waals surface area contributed by atoms with Crippen LogP contribution in [-0.4, -0.2) is 62.5 Å². The zero-order chi connectivity index (χ0) is 30.7. The molecule has 5 rings (SSSR count). The number of anilines is 1. The zero-order valence-corrected chi connectivity index (χ0v) is 25.7. The number of ether oxygens (including phenoxy) is 1. The van der Waals surface area contributed by atoms with E-state index in [-0.39, 0.29) is 42.5 Å². The Morgan fingerprint density at radius 2 is 1.93 bits per heavy atom. The van der Waals surface area contributed by atoms with Crippen molar-refractivity contribution in [2.45, 2.75) is 52.3 Å². The lowest BCUT2D eigenvalue weighted by Gasteiger charge is -2.49. The van der Waals surface area contributed by atoms with Gasteiger partial charge in [0.15, 0.2) is 11.4 Å². The number of likely N-dealkylation sites (N-methyl/N-ethyl adjacent to an activating group) is 1. The molecule has 1 fully saturated rings. The largest absolute Gasteiger partial charge is 0.459 e. The van der Waals surface area contributed by atoms with E-state index in [1.54, 1.807) is 27.8 Å². The van der Waals surface area contributed by atoms with Crippen LogP contribution in [0.1, 0.15) is 37.7 Å². The predicted molar refractivity (Wildman–Crippen MR) is 155 cm³/mol. The molecule has 2 aromatic heterocycles. The lowest BCUT2D eigenvalue weighted by Crippen LogP contribution is -2.70. The molecule has 42 heavy (non-hydrogen) atoms. The third-order valence-corrected chi connectivity index (χ3v) is 8.08. The molecule has 13 heteroatoms. The van der Waals surface area contributed by atoms with Crippen molar-refractivity contribution in [3.63, 3.8) is 0 Å². The number of nitrogens with two attached hydrogens (primary N) is 1. The van der Waals surface area contributed by atoms with E-state index >= 15 is 0 Å². The lowest BCUT2D eigenvalue weighted by atomic mass is 9.88. The molecule has 2 N–H and O–H groups in total. The molecular weight excluding hydrogens is 614 g/mol. The normalized spacial score (nSPS) is 14.6. The molecule has 0 saturated carbocycles. The van der Waals surface area contributed by atoms with E-state index in [1.807, 2.05) is 32.0 Å². The Morgan fingerprint density at radius 1 is 1.24 bits per heavy atom. The predicted octanol–water partition coefficient (Wildman–Crippen LogP) is 5.54. The summed E-state index contributed by atoms with van der Waals surface area (Å²) in [7, 11) is 1.63. The summed E-state index contributed by atoms with van der Waals surface area (Å²) >= 11 is 2.84. The van der Waals surface area contributed by atoms with Gasteiger partial charge in [-0.25, -0.2) is 18.3 Å². The number of nitrogen functional groups attached to an aromatic ring is 1. The molecule has 0 bridgehead atoms.